The third-order valence-electron chi connectivity index (χ3n) is 2.15. The molecule has 2 nitrogen and oxygen atoms in total. The van der Waals surface area contributed by atoms with E-state index in [9.17, 15) is 13.2 Å². The quantitative estimate of drug-likeness (QED) is 0.823. The molecule has 0 aliphatic carbocycles. The van der Waals surface area contributed by atoms with Crippen molar-refractivity contribution in [2.45, 2.75) is 6.36 Å². The molecule has 0 bridgehead atoms. The monoisotopic (exact) mass is 271 g/mol. The molecule has 1 aromatic carbocycles. The minimum atomic E-state index is -4.69. The van der Waals surface area contributed by atoms with Crippen LogP contribution in [0.3, 0.4) is 0 Å². The van der Waals surface area contributed by atoms with Gasteiger partial charge in [-0.15, -0.1) is 13.2 Å². The number of rotatable bonds is 2. The van der Waals surface area contributed by atoms with Crippen LogP contribution >= 0.6 is 12.2 Å². The molecule has 18 heavy (non-hydrogen) atoms. The van der Waals surface area contributed by atoms with E-state index in [0.29, 0.717) is 15.8 Å². The van der Waals surface area contributed by atoms with Gasteiger partial charge in [0.05, 0.1) is 0 Å². The summed E-state index contributed by atoms with van der Waals surface area (Å²) in [5.41, 5.74) is 1.21. The molecule has 0 radical (unpaired) electrons. The number of hydrogen-bond acceptors (Lipinski definition) is 2. The average Bonchev–Trinajstić information content (AvgIpc) is 2.27. The molecule has 0 saturated heterocycles. The first-order valence-corrected chi connectivity index (χ1v) is 5.40. The Morgan fingerprint density at radius 1 is 1.11 bits per heavy atom. The minimum Gasteiger partial charge on any atom is -0.406 e. The molecule has 0 aliphatic rings. The molecule has 1 N–H and O–H groups in total. The van der Waals surface area contributed by atoms with E-state index in [4.69, 9.17) is 12.2 Å². The van der Waals surface area contributed by atoms with Crippen molar-refractivity contribution in [1.82, 2.24) is 4.98 Å². The van der Waals surface area contributed by atoms with Gasteiger partial charge >= 0.3 is 6.36 Å². The summed E-state index contributed by atoms with van der Waals surface area (Å²) < 4.78 is 40.7. The van der Waals surface area contributed by atoms with Gasteiger partial charge in [0, 0.05) is 22.0 Å². The molecule has 1 aromatic heterocycles. The number of halogens is 3. The first kappa shape index (κ1) is 12.6. The highest BCUT2D eigenvalue weighted by Gasteiger charge is 2.31. The number of H-pyrrole nitrogens is 1. The molecule has 6 heteroatoms. The first-order chi connectivity index (χ1) is 8.44. The van der Waals surface area contributed by atoms with E-state index < -0.39 is 6.36 Å². The second kappa shape index (κ2) is 4.81. The van der Waals surface area contributed by atoms with Crippen molar-refractivity contribution in [3.05, 3.63) is 47.1 Å². The highest BCUT2D eigenvalue weighted by Crippen LogP contribution is 2.26. The van der Waals surface area contributed by atoms with Crippen molar-refractivity contribution in [2.24, 2.45) is 0 Å². The fourth-order valence-corrected chi connectivity index (χ4v) is 1.66. The van der Waals surface area contributed by atoms with E-state index in [1.54, 1.807) is 24.4 Å². The van der Waals surface area contributed by atoms with Crippen LogP contribution in [-0.2, 0) is 0 Å². The summed E-state index contributed by atoms with van der Waals surface area (Å²) in [6, 6.07) is 9.06. The molecular formula is C12H8F3NOS. The minimum absolute atomic E-state index is 0.261. The number of hydrogen-bond donors (Lipinski definition) is 1. The van der Waals surface area contributed by atoms with E-state index in [1.165, 1.54) is 18.2 Å². The predicted octanol–water partition coefficient (Wildman–Crippen LogP) is 4.31. The van der Waals surface area contributed by atoms with Gasteiger partial charge in [-0.2, -0.15) is 0 Å². The second-order valence-corrected chi connectivity index (χ2v) is 3.99. The van der Waals surface area contributed by atoms with Gasteiger partial charge in [-0.3, -0.25) is 0 Å². The van der Waals surface area contributed by atoms with Gasteiger partial charge < -0.3 is 9.72 Å². The Morgan fingerprint density at radius 2 is 1.89 bits per heavy atom. The summed E-state index contributed by atoms with van der Waals surface area (Å²) >= 11 is 4.99. The summed E-state index contributed by atoms with van der Waals surface area (Å²) in [6.45, 7) is 0. The Labute approximate surface area is 106 Å². The largest absolute Gasteiger partial charge is 0.573 e. The van der Waals surface area contributed by atoms with Crippen molar-refractivity contribution >= 4 is 12.2 Å². The van der Waals surface area contributed by atoms with Crippen LogP contribution in [0.5, 0.6) is 5.75 Å². The number of benzene rings is 1. The van der Waals surface area contributed by atoms with Crippen LogP contribution in [0, 0.1) is 4.51 Å². The molecule has 1 heterocycles. The molecule has 0 saturated carbocycles. The fourth-order valence-electron chi connectivity index (χ4n) is 1.47. The zero-order valence-electron chi connectivity index (χ0n) is 8.99. The van der Waals surface area contributed by atoms with Gasteiger partial charge in [0.1, 0.15) is 5.75 Å². The standard InChI is InChI=1S/C12H8F3NOS/c13-12(14,15)17-9-3-1-2-8(6-9)11-7-10(18)4-5-16-11/h1-7H,(H,16,18). The SMILES string of the molecule is FC(F)(F)Oc1cccc(-c2cc(=S)cc[nH]2)c1. The highest BCUT2D eigenvalue weighted by atomic mass is 32.1. The molecule has 0 amide bonds. The van der Waals surface area contributed by atoms with Gasteiger partial charge in [0.15, 0.2) is 0 Å². The lowest BCUT2D eigenvalue weighted by atomic mass is 10.1. The van der Waals surface area contributed by atoms with E-state index in [-0.39, 0.29) is 5.75 Å². The number of ether oxygens (including phenoxy) is 1. The van der Waals surface area contributed by atoms with E-state index >= 15 is 0 Å². The molecule has 0 atom stereocenters. The summed E-state index contributed by atoms with van der Waals surface area (Å²) in [4.78, 5) is 2.91. The number of aromatic amines is 1. The lowest BCUT2D eigenvalue weighted by molar-refractivity contribution is -0.274. The Morgan fingerprint density at radius 3 is 2.56 bits per heavy atom. The Balaban J connectivity index is 2.36. The van der Waals surface area contributed by atoms with Crippen molar-refractivity contribution in [2.75, 3.05) is 0 Å². The lowest BCUT2D eigenvalue weighted by Crippen LogP contribution is -2.17. The van der Waals surface area contributed by atoms with E-state index in [1.807, 2.05) is 0 Å². The molecule has 2 aromatic rings. The van der Waals surface area contributed by atoms with Crippen molar-refractivity contribution in [3.63, 3.8) is 0 Å². The Kier molecular flexibility index (Phi) is 3.38. The lowest BCUT2D eigenvalue weighted by Gasteiger charge is -2.10. The molecule has 0 unspecified atom stereocenters. The van der Waals surface area contributed by atoms with Crippen LogP contribution in [0.15, 0.2) is 42.6 Å². The van der Waals surface area contributed by atoms with E-state index in [2.05, 4.69) is 9.72 Å². The summed E-state index contributed by atoms with van der Waals surface area (Å²) in [6.07, 6.45) is -3.06. The predicted molar refractivity (Wildman–Crippen MR) is 63.7 cm³/mol. The number of alkyl halides is 3. The van der Waals surface area contributed by atoms with Gasteiger partial charge in [-0.25, -0.2) is 0 Å². The van der Waals surface area contributed by atoms with Gasteiger partial charge in [-0.05, 0) is 24.3 Å². The molecule has 0 spiro atoms. The van der Waals surface area contributed by atoms with Crippen LogP contribution in [-0.4, -0.2) is 11.3 Å². The van der Waals surface area contributed by atoms with Crippen LogP contribution in [0.1, 0.15) is 0 Å². The van der Waals surface area contributed by atoms with Crippen LogP contribution in [0.25, 0.3) is 11.3 Å². The maximum absolute atomic E-state index is 12.1. The molecular weight excluding hydrogens is 263 g/mol. The summed E-state index contributed by atoms with van der Waals surface area (Å²) in [5.74, 6) is -0.261. The zero-order valence-corrected chi connectivity index (χ0v) is 9.81. The van der Waals surface area contributed by atoms with E-state index in [0.717, 1.165) is 0 Å². The summed E-state index contributed by atoms with van der Waals surface area (Å²) in [7, 11) is 0. The van der Waals surface area contributed by atoms with Crippen LogP contribution < -0.4 is 4.74 Å². The normalized spacial score (nSPS) is 11.3. The average molecular weight is 271 g/mol. The zero-order chi connectivity index (χ0) is 13.2. The molecule has 0 aliphatic heterocycles. The Hall–Kier alpha value is -1.82. The number of aromatic nitrogens is 1. The van der Waals surface area contributed by atoms with Crippen molar-refractivity contribution in [1.29, 1.82) is 0 Å². The van der Waals surface area contributed by atoms with Gasteiger partial charge in [-0.1, -0.05) is 24.4 Å². The van der Waals surface area contributed by atoms with Crippen LogP contribution in [0.2, 0.25) is 0 Å². The second-order valence-electron chi connectivity index (χ2n) is 3.51. The topological polar surface area (TPSA) is 25.0 Å². The number of nitrogens with one attached hydrogen (secondary N) is 1. The maximum atomic E-state index is 12.1. The van der Waals surface area contributed by atoms with Crippen LogP contribution in [0.4, 0.5) is 13.2 Å². The number of pyridine rings is 1. The van der Waals surface area contributed by atoms with Crippen molar-refractivity contribution < 1.29 is 17.9 Å². The van der Waals surface area contributed by atoms with Gasteiger partial charge in [0.2, 0.25) is 0 Å². The van der Waals surface area contributed by atoms with Gasteiger partial charge in [0.25, 0.3) is 0 Å². The molecule has 94 valence electrons. The van der Waals surface area contributed by atoms with Crippen molar-refractivity contribution in [3.8, 4) is 17.0 Å². The first-order valence-electron chi connectivity index (χ1n) is 4.99. The highest BCUT2D eigenvalue weighted by molar-refractivity contribution is 7.71. The third-order valence-corrected chi connectivity index (χ3v) is 2.41. The third kappa shape index (κ3) is 3.33. The fraction of sp³-hybridized carbons (Fsp3) is 0.0833. The molecule has 0 fully saturated rings. The maximum Gasteiger partial charge on any atom is 0.573 e. The smallest absolute Gasteiger partial charge is 0.406 e. The molecule has 2 rings (SSSR count). The Bertz CT molecular complexity index is 607. The summed E-state index contributed by atoms with van der Waals surface area (Å²) in [5, 5.41) is 0.